The molecule has 1 heterocycles. The highest BCUT2D eigenvalue weighted by Gasteiger charge is 2.42. The summed E-state index contributed by atoms with van der Waals surface area (Å²) in [6.45, 7) is 4.10. The topological polar surface area (TPSA) is 59.8 Å². The average molecular weight is 371 g/mol. The Labute approximate surface area is 159 Å². The van der Waals surface area contributed by atoms with Gasteiger partial charge in [-0.25, -0.2) is 9.67 Å². The van der Waals surface area contributed by atoms with Gasteiger partial charge in [0.1, 0.15) is 6.33 Å². The zero-order valence-corrected chi connectivity index (χ0v) is 16.2. The number of benzene rings is 1. The Morgan fingerprint density at radius 1 is 1.23 bits per heavy atom. The predicted molar refractivity (Wildman–Crippen MR) is 103 cm³/mol. The first-order valence-corrected chi connectivity index (χ1v) is 10.4. The summed E-state index contributed by atoms with van der Waals surface area (Å²) in [5.41, 5.74) is 0.967. The Bertz CT molecular complexity index is 762. The molecule has 2 aromatic rings. The summed E-state index contributed by atoms with van der Waals surface area (Å²) in [4.78, 5) is 16.9. The molecule has 5 unspecified atom stereocenters. The number of nitrogens with zero attached hydrogens (tertiary/aromatic N) is 3. The Morgan fingerprint density at radius 2 is 2.04 bits per heavy atom. The van der Waals surface area contributed by atoms with Crippen molar-refractivity contribution in [2.24, 2.45) is 17.8 Å². The number of carbonyl (C=O) groups excluding carboxylic acids is 1. The zero-order valence-electron chi connectivity index (χ0n) is 15.3. The molecule has 2 fully saturated rings. The average Bonchev–Trinajstić information content (AvgIpc) is 3.39. The molecule has 1 N–H and O–H groups in total. The minimum Gasteiger partial charge on any atom is -0.352 e. The molecular formula is C20H26N4OS. The molecule has 0 aliphatic heterocycles. The Balaban J connectivity index is 1.32. The van der Waals surface area contributed by atoms with Crippen molar-refractivity contribution >= 4 is 17.7 Å². The highest BCUT2D eigenvalue weighted by atomic mass is 32.2. The van der Waals surface area contributed by atoms with E-state index < -0.39 is 0 Å². The summed E-state index contributed by atoms with van der Waals surface area (Å²) in [5, 5.41) is 8.15. The van der Waals surface area contributed by atoms with E-state index in [1.807, 2.05) is 37.3 Å². The molecule has 1 aromatic heterocycles. The molecule has 26 heavy (non-hydrogen) atoms. The molecule has 1 amide bonds. The summed E-state index contributed by atoms with van der Waals surface area (Å²) in [5.74, 6) is 2.47. The van der Waals surface area contributed by atoms with Gasteiger partial charge in [-0.15, -0.1) is 5.10 Å². The van der Waals surface area contributed by atoms with E-state index in [0.717, 1.165) is 17.5 Å². The van der Waals surface area contributed by atoms with Gasteiger partial charge < -0.3 is 5.32 Å². The van der Waals surface area contributed by atoms with E-state index in [0.29, 0.717) is 11.1 Å². The van der Waals surface area contributed by atoms with Crippen LogP contribution in [0.4, 0.5) is 0 Å². The fourth-order valence-electron chi connectivity index (χ4n) is 4.57. The second-order valence-corrected chi connectivity index (χ2v) is 9.01. The number of amides is 1. The third-order valence-corrected chi connectivity index (χ3v) is 6.91. The van der Waals surface area contributed by atoms with Gasteiger partial charge in [0.05, 0.1) is 10.9 Å². The minimum absolute atomic E-state index is 0.0846. The van der Waals surface area contributed by atoms with Gasteiger partial charge in [-0.05, 0) is 63.0 Å². The lowest BCUT2D eigenvalue weighted by Crippen LogP contribution is -2.43. The van der Waals surface area contributed by atoms with Crippen LogP contribution in [0.2, 0.25) is 0 Å². The molecule has 1 aromatic carbocycles. The first-order chi connectivity index (χ1) is 12.6. The van der Waals surface area contributed by atoms with Gasteiger partial charge >= 0.3 is 0 Å². The molecule has 138 valence electrons. The monoisotopic (exact) mass is 370 g/mol. The van der Waals surface area contributed by atoms with Crippen LogP contribution < -0.4 is 5.32 Å². The van der Waals surface area contributed by atoms with Gasteiger partial charge in [-0.1, -0.05) is 36.4 Å². The standard InChI is InChI=1S/C20H26N4OS/c1-13(18-11-15-8-9-16(18)10-15)22-19(25)14(2)26-20-21-12-24(23-20)17-6-4-3-5-7-17/h3-7,12-16,18H,8-11H2,1-2H3,(H,22,25). The number of fused-ring (bicyclic) bond motifs is 2. The Hall–Kier alpha value is -1.82. The van der Waals surface area contributed by atoms with Gasteiger partial charge in [-0.3, -0.25) is 4.79 Å². The summed E-state index contributed by atoms with van der Waals surface area (Å²) in [6, 6.07) is 10.1. The molecule has 4 rings (SSSR count). The first kappa shape index (κ1) is 17.6. The lowest BCUT2D eigenvalue weighted by Gasteiger charge is -2.29. The van der Waals surface area contributed by atoms with Crippen molar-refractivity contribution < 1.29 is 4.79 Å². The van der Waals surface area contributed by atoms with Crippen LogP contribution in [0.15, 0.2) is 41.8 Å². The second kappa shape index (κ2) is 7.43. The van der Waals surface area contributed by atoms with Crippen molar-refractivity contribution in [1.29, 1.82) is 0 Å². The van der Waals surface area contributed by atoms with E-state index in [9.17, 15) is 4.79 Å². The molecule has 0 spiro atoms. The van der Waals surface area contributed by atoms with Crippen molar-refractivity contribution in [3.05, 3.63) is 36.7 Å². The van der Waals surface area contributed by atoms with Crippen molar-refractivity contribution in [3.63, 3.8) is 0 Å². The number of hydrogen-bond donors (Lipinski definition) is 1. The van der Waals surface area contributed by atoms with E-state index in [-0.39, 0.29) is 17.2 Å². The lowest BCUT2D eigenvalue weighted by molar-refractivity contribution is -0.121. The van der Waals surface area contributed by atoms with Crippen molar-refractivity contribution in [2.75, 3.05) is 0 Å². The van der Waals surface area contributed by atoms with Crippen molar-refractivity contribution in [3.8, 4) is 5.69 Å². The van der Waals surface area contributed by atoms with Crippen LogP contribution in [-0.4, -0.2) is 32.0 Å². The number of hydrogen-bond acceptors (Lipinski definition) is 4. The molecule has 2 aliphatic carbocycles. The highest BCUT2D eigenvalue weighted by Crippen LogP contribution is 2.49. The first-order valence-electron chi connectivity index (χ1n) is 9.54. The lowest BCUT2D eigenvalue weighted by atomic mass is 9.84. The maximum absolute atomic E-state index is 12.6. The molecule has 2 saturated carbocycles. The van der Waals surface area contributed by atoms with E-state index in [2.05, 4.69) is 22.3 Å². The third kappa shape index (κ3) is 3.65. The van der Waals surface area contributed by atoms with Crippen LogP contribution in [-0.2, 0) is 4.79 Å². The van der Waals surface area contributed by atoms with Gasteiger partial charge in [0.25, 0.3) is 0 Å². The van der Waals surface area contributed by atoms with Gasteiger partial charge in [0.2, 0.25) is 11.1 Å². The summed E-state index contributed by atoms with van der Waals surface area (Å²) >= 11 is 1.41. The largest absolute Gasteiger partial charge is 0.352 e. The molecule has 5 nitrogen and oxygen atoms in total. The SMILES string of the molecule is CC(Sc1ncn(-c2ccccc2)n1)C(=O)NC(C)C1CC2CCC1C2. The number of aromatic nitrogens is 3. The molecule has 2 aliphatic rings. The summed E-state index contributed by atoms with van der Waals surface area (Å²) < 4.78 is 1.74. The maximum Gasteiger partial charge on any atom is 0.233 e. The molecule has 2 bridgehead atoms. The third-order valence-electron chi connectivity index (χ3n) is 5.95. The predicted octanol–water partition coefficient (Wildman–Crippen LogP) is 3.69. The molecule has 0 radical (unpaired) electrons. The quantitative estimate of drug-likeness (QED) is 0.788. The zero-order chi connectivity index (χ0) is 18.1. The van der Waals surface area contributed by atoms with Crippen molar-refractivity contribution in [2.45, 2.75) is 56.0 Å². The van der Waals surface area contributed by atoms with Crippen molar-refractivity contribution in [1.82, 2.24) is 20.1 Å². The summed E-state index contributed by atoms with van der Waals surface area (Å²) in [7, 11) is 0. The smallest absolute Gasteiger partial charge is 0.233 e. The van der Waals surface area contributed by atoms with Crippen LogP contribution in [0.3, 0.4) is 0 Å². The van der Waals surface area contributed by atoms with E-state index in [4.69, 9.17) is 0 Å². The number of nitrogens with one attached hydrogen (secondary N) is 1. The molecule has 0 saturated heterocycles. The van der Waals surface area contributed by atoms with Gasteiger partial charge in [0.15, 0.2) is 0 Å². The second-order valence-electron chi connectivity index (χ2n) is 7.70. The van der Waals surface area contributed by atoms with E-state index >= 15 is 0 Å². The number of thioether (sulfide) groups is 1. The maximum atomic E-state index is 12.6. The van der Waals surface area contributed by atoms with Crippen LogP contribution in [0.5, 0.6) is 0 Å². The molecular weight excluding hydrogens is 344 g/mol. The fraction of sp³-hybridized carbons (Fsp3) is 0.550. The normalized spacial score (nSPS) is 26.6. The van der Waals surface area contributed by atoms with E-state index in [1.54, 1.807) is 11.0 Å². The molecule has 6 heteroatoms. The molecule has 5 atom stereocenters. The van der Waals surface area contributed by atoms with E-state index in [1.165, 1.54) is 37.4 Å². The summed E-state index contributed by atoms with van der Waals surface area (Å²) in [6.07, 6.45) is 7.09. The Kier molecular flexibility index (Phi) is 5.02. The van der Waals surface area contributed by atoms with Crippen LogP contribution in [0.1, 0.15) is 39.5 Å². The number of carbonyl (C=O) groups is 1. The number of rotatable bonds is 6. The Morgan fingerprint density at radius 3 is 2.73 bits per heavy atom. The van der Waals surface area contributed by atoms with Gasteiger partial charge in [-0.2, -0.15) is 0 Å². The fourth-order valence-corrected chi connectivity index (χ4v) is 5.31. The van der Waals surface area contributed by atoms with Gasteiger partial charge in [0, 0.05) is 6.04 Å². The van der Waals surface area contributed by atoms with Crippen LogP contribution >= 0.6 is 11.8 Å². The highest BCUT2D eigenvalue weighted by molar-refractivity contribution is 8.00. The van der Waals surface area contributed by atoms with Crippen LogP contribution in [0, 0.1) is 17.8 Å². The minimum atomic E-state index is -0.206. The van der Waals surface area contributed by atoms with Crippen LogP contribution in [0.25, 0.3) is 5.69 Å². The number of para-hydroxylation sites is 1.